The fourth-order valence-electron chi connectivity index (χ4n) is 1.34. The average Bonchev–Trinajstić information content (AvgIpc) is 2.44. The minimum absolute atomic E-state index is 0.0586. The van der Waals surface area contributed by atoms with E-state index < -0.39 is 5.97 Å². The van der Waals surface area contributed by atoms with E-state index >= 15 is 0 Å². The number of carbonyl (C=O) groups is 1. The Labute approximate surface area is 116 Å². The highest BCUT2D eigenvalue weighted by molar-refractivity contribution is 5.91. The summed E-state index contributed by atoms with van der Waals surface area (Å²) >= 11 is 0. The van der Waals surface area contributed by atoms with E-state index in [0.29, 0.717) is 5.75 Å². The zero-order chi connectivity index (χ0) is 15.0. The molecule has 0 fully saturated rings. The number of allylic oxidation sites excluding steroid dienone is 4. The lowest BCUT2D eigenvalue weighted by molar-refractivity contribution is -0.132. The Morgan fingerprint density at radius 2 is 2.10 bits per heavy atom. The molecule has 5 nitrogen and oxygen atoms in total. The number of hydrogen-bond donors (Lipinski definition) is 2. The van der Waals surface area contributed by atoms with Gasteiger partial charge in [0.15, 0.2) is 11.5 Å². The molecule has 0 heterocycles. The van der Waals surface area contributed by atoms with Crippen LogP contribution in [0.15, 0.2) is 48.1 Å². The van der Waals surface area contributed by atoms with Crippen LogP contribution in [0.2, 0.25) is 0 Å². The lowest BCUT2D eigenvalue weighted by Crippen LogP contribution is -1.96. The van der Waals surface area contributed by atoms with Crippen molar-refractivity contribution in [2.24, 2.45) is 0 Å². The minimum atomic E-state index is -1.26. The summed E-state index contributed by atoms with van der Waals surface area (Å²) in [4.78, 5) is 10.5. The van der Waals surface area contributed by atoms with Crippen LogP contribution in [-0.4, -0.2) is 23.3 Å². The second-order valence-corrected chi connectivity index (χ2v) is 3.67. The maximum Gasteiger partial charge on any atom is 0.346 e. The van der Waals surface area contributed by atoms with E-state index in [1.807, 2.05) is 0 Å². The molecule has 0 amide bonds. The summed E-state index contributed by atoms with van der Waals surface area (Å²) in [5, 5.41) is 26.6. The average molecular weight is 271 g/mol. The normalized spacial score (nSPS) is 11.7. The lowest BCUT2D eigenvalue weighted by atomic mass is 10.2. The van der Waals surface area contributed by atoms with Gasteiger partial charge in [-0.2, -0.15) is 5.26 Å². The number of methoxy groups -OCH3 is 1. The quantitative estimate of drug-likeness (QED) is 0.488. The van der Waals surface area contributed by atoms with Crippen LogP contribution in [-0.2, 0) is 4.79 Å². The number of phenolic OH excluding ortho intramolecular Hbond substituents is 1. The number of rotatable bonds is 5. The standard InChI is InChI=1S/C15H13NO4/c1-20-14-9-11(7-8-13(14)17)5-3-2-4-6-12(10-16)15(18)19/h2-9,17H,1H3,(H,18,19). The van der Waals surface area contributed by atoms with Crippen molar-refractivity contribution < 1.29 is 19.7 Å². The number of hydrogen-bond acceptors (Lipinski definition) is 4. The van der Waals surface area contributed by atoms with Gasteiger partial charge in [-0.15, -0.1) is 0 Å². The van der Waals surface area contributed by atoms with E-state index in [0.717, 1.165) is 5.56 Å². The molecule has 0 aliphatic heterocycles. The first-order chi connectivity index (χ1) is 9.58. The second-order valence-electron chi connectivity index (χ2n) is 3.67. The van der Waals surface area contributed by atoms with Crippen LogP contribution in [0.3, 0.4) is 0 Å². The maximum atomic E-state index is 10.5. The summed E-state index contributed by atoms with van der Waals surface area (Å²) < 4.78 is 4.97. The molecule has 1 aromatic carbocycles. The molecule has 0 aliphatic rings. The molecule has 0 saturated carbocycles. The van der Waals surface area contributed by atoms with Gasteiger partial charge in [-0.3, -0.25) is 0 Å². The summed E-state index contributed by atoms with van der Waals surface area (Å²) in [6.07, 6.45) is 7.70. The van der Waals surface area contributed by atoms with E-state index in [1.165, 1.54) is 25.3 Å². The molecule has 5 heteroatoms. The number of nitriles is 1. The highest BCUT2D eigenvalue weighted by Gasteiger charge is 2.02. The van der Waals surface area contributed by atoms with Crippen molar-refractivity contribution in [3.05, 3.63) is 53.6 Å². The van der Waals surface area contributed by atoms with E-state index in [4.69, 9.17) is 15.1 Å². The molecule has 20 heavy (non-hydrogen) atoms. The van der Waals surface area contributed by atoms with Gasteiger partial charge in [0.1, 0.15) is 11.6 Å². The van der Waals surface area contributed by atoms with Crippen LogP contribution in [0.5, 0.6) is 11.5 Å². The lowest BCUT2D eigenvalue weighted by Gasteiger charge is -2.03. The SMILES string of the molecule is COc1cc(C=CC=CC=C(C#N)C(=O)O)ccc1O. The smallest absolute Gasteiger partial charge is 0.346 e. The molecule has 0 saturated heterocycles. The van der Waals surface area contributed by atoms with Crippen molar-refractivity contribution in [3.63, 3.8) is 0 Å². The first-order valence-electron chi connectivity index (χ1n) is 5.64. The number of carboxylic acid groups (broad SMARTS) is 1. The summed E-state index contributed by atoms with van der Waals surface area (Å²) in [5.41, 5.74) is 0.480. The number of nitrogens with zero attached hydrogens (tertiary/aromatic N) is 1. The van der Waals surface area contributed by atoms with E-state index in [-0.39, 0.29) is 11.3 Å². The molecule has 0 spiro atoms. The second kappa shape index (κ2) is 7.44. The molecule has 0 unspecified atom stereocenters. The predicted molar refractivity (Wildman–Crippen MR) is 74.2 cm³/mol. The third kappa shape index (κ3) is 4.35. The van der Waals surface area contributed by atoms with Gasteiger partial charge < -0.3 is 14.9 Å². The zero-order valence-electron chi connectivity index (χ0n) is 10.8. The molecule has 102 valence electrons. The van der Waals surface area contributed by atoms with Crippen LogP contribution in [0.4, 0.5) is 0 Å². The van der Waals surface area contributed by atoms with Gasteiger partial charge >= 0.3 is 5.97 Å². The van der Waals surface area contributed by atoms with Gasteiger partial charge in [-0.1, -0.05) is 30.4 Å². The maximum absolute atomic E-state index is 10.5. The number of carboxylic acids is 1. The number of benzene rings is 1. The number of aliphatic carboxylic acids is 1. The summed E-state index contributed by atoms with van der Waals surface area (Å²) in [5.74, 6) is -0.832. The molecule has 2 N–H and O–H groups in total. The van der Waals surface area contributed by atoms with Gasteiger partial charge in [-0.25, -0.2) is 4.79 Å². The van der Waals surface area contributed by atoms with E-state index in [1.54, 1.807) is 36.4 Å². The van der Waals surface area contributed by atoms with Gasteiger partial charge in [0.2, 0.25) is 0 Å². The molecule has 0 aromatic heterocycles. The van der Waals surface area contributed by atoms with Crippen molar-refractivity contribution in [2.45, 2.75) is 0 Å². The molecule has 0 radical (unpaired) electrons. The molecule has 1 rings (SSSR count). The fraction of sp³-hybridized carbons (Fsp3) is 0.0667. The Bertz CT molecular complexity index is 621. The Morgan fingerprint density at radius 1 is 1.35 bits per heavy atom. The van der Waals surface area contributed by atoms with Gasteiger partial charge in [0.05, 0.1) is 7.11 Å². The van der Waals surface area contributed by atoms with Crippen LogP contribution < -0.4 is 4.74 Å². The summed E-state index contributed by atoms with van der Waals surface area (Å²) in [6, 6.07) is 6.45. The van der Waals surface area contributed by atoms with Gasteiger partial charge in [0, 0.05) is 0 Å². The first-order valence-corrected chi connectivity index (χ1v) is 5.64. The van der Waals surface area contributed by atoms with Crippen molar-refractivity contribution in [2.75, 3.05) is 7.11 Å². The first kappa shape index (κ1) is 15.1. The van der Waals surface area contributed by atoms with Crippen molar-refractivity contribution in [3.8, 4) is 17.6 Å². The van der Waals surface area contributed by atoms with Crippen LogP contribution >= 0.6 is 0 Å². The molecular weight excluding hydrogens is 258 g/mol. The van der Waals surface area contributed by atoms with Crippen molar-refractivity contribution in [1.29, 1.82) is 5.26 Å². The zero-order valence-corrected chi connectivity index (χ0v) is 10.8. The third-order valence-corrected chi connectivity index (χ3v) is 2.33. The Hall–Kier alpha value is -3.00. The van der Waals surface area contributed by atoms with Crippen LogP contribution in [0, 0.1) is 11.3 Å². The molecule has 0 aliphatic carbocycles. The molecular formula is C15H13NO4. The summed E-state index contributed by atoms with van der Waals surface area (Å²) in [6.45, 7) is 0. The van der Waals surface area contributed by atoms with E-state index in [9.17, 15) is 9.90 Å². The Morgan fingerprint density at radius 3 is 2.70 bits per heavy atom. The van der Waals surface area contributed by atoms with Crippen LogP contribution in [0.25, 0.3) is 6.08 Å². The van der Waals surface area contributed by atoms with Gasteiger partial charge in [0.25, 0.3) is 0 Å². The molecule has 0 atom stereocenters. The third-order valence-electron chi connectivity index (χ3n) is 2.33. The fourth-order valence-corrected chi connectivity index (χ4v) is 1.34. The molecule has 0 bridgehead atoms. The van der Waals surface area contributed by atoms with E-state index in [2.05, 4.69) is 0 Å². The number of aromatic hydroxyl groups is 1. The van der Waals surface area contributed by atoms with Gasteiger partial charge in [-0.05, 0) is 23.8 Å². The van der Waals surface area contributed by atoms with Crippen molar-refractivity contribution >= 4 is 12.0 Å². The summed E-state index contributed by atoms with van der Waals surface area (Å²) in [7, 11) is 1.46. The molecule has 1 aromatic rings. The highest BCUT2D eigenvalue weighted by Crippen LogP contribution is 2.26. The predicted octanol–water partition coefficient (Wildman–Crippen LogP) is 2.50. The minimum Gasteiger partial charge on any atom is -0.504 e. The Kier molecular flexibility index (Phi) is 5.60. The number of ether oxygens (including phenoxy) is 1. The monoisotopic (exact) mass is 271 g/mol. The number of phenols is 1. The van der Waals surface area contributed by atoms with Crippen molar-refractivity contribution in [1.82, 2.24) is 0 Å². The highest BCUT2D eigenvalue weighted by atomic mass is 16.5. The Balaban J connectivity index is 2.75. The van der Waals surface area contributed by atoms with Crippen LogP contribution in [0.1, 0.15) is 5.56 Å². The largest absolute Gasteiger partial charge is 0.504 e. The topological polar surface area (TPSA) is 90.5 Å².